The smallest absolute Gasteiger partial charge is 0.123 e. The fraction of sp³-hybridized carbons (Fsp3) is 0.200. The molecule has 1 nitrogen and oxygen atoms in total. The third kappa shape index (κ3) is 1.96. The van der Waals surface area contributed by atoms with Crippen LogP contribution in [0.15, 0.2) is 42.5 Å². The van der Waals surface area contributed by atoms with E-state index in [2.05, 4.69) is 23.5 Å². The van der Waals surface area contributed by atoms with Crippen LogP contribution in [0.1, 0.15) is 11.1 Å². The maximum atomic E-state index is 12.9. The first kappa shape index (κ1) is 10.5. The van der Waals surface area contributed by atoms with Gasteiger partial charge in [-0.3, -0.25) is 0 Å². The minimum absolute atomic E-state index is 0.180. The highest BCUT2D eigenvalue weighted by Crippen LogP contribution is 2.28. The van der Waals surface area contributed by atoms with Crippen LogP contribution >= 0.6 is 0 Å². The van der Waals surface area contributed by atoms with Crippen LogP contribution in [0, 0.1) is 5.82 Å². The molecule has 2 heteroatoms. The van der Waals surface area contributed by atoms with Gasteiger partial charge >= 0.3 is 0 Å². The highest BCUT2D eigenvalue weighted by atomic mass is 19.1. The lowest BCUT2D eigenvalue weighted by Crippen LogP contribution is -2.23. The summed E-state index contributed by atoms with van der Waals surface area (Å²) in [4.78, 5) is 0. The number of rotatable bonds is 1. The second-order valence-electron chi connectivity index (χ2n) is 4.38. The van der Waals surface area contributed by atoms with Crippen molar-refractivity contribution in [3.63, 3.8) is 0 Å². The predicted octanol–water partition coefficient (Wildman–Crippen LogP) is 3.14. The van der Waals surface area contributed by atoms with Gasteiger partial charge in [0.2, 0.25) is 0 Å². The van der Waals surface area contributed by atoms with E-state index in [4.69, 9.17) is 0 Å². The third-order valence-corrected chi connectivity index (χ3v) is 3.30. The van der Waals surface area contributed by atoms with Gasteiger partial charge < -0.3 is 5.32 Å². The summed E-state index contributed by atoms with van der Waals surface area (Å²) in [7, 11) is 0. The van der Waals surface area contributed by atoms with Gasteiger partial charge in [-0.25, -0.2) is 4.39 Å². The molecule has 1 heterocycles. The average molecular weight is 227 g/mol. The first-order chi connectivity index (χ1) is 8.34. The summed E-state index contributed by atoms with van der Waals surface area (Å²) in [5.41, 5.74) is 5.10. The Kier molecular flexibility index (Phi) is 2.65. The molecule has 0 spiro atoms. The Morgan fingerprint density at radius 3 is 2.65 bits per heavy atom. The topological polar surface area (TPSA) is 12.0 Å². The summed E-state index contributed by atoms with van der Waals surface area (Å²) in [5.74, 6) is -0.180. The molecule has 0 bridgehead atoms. The lowest BCUT2D eigenvalue weighted by molar-refractivity contribution is 0.628. The zero-order valence-corrected chi connectivity index (χ0v) is 9.54. The van der Waals surface area contributed by atoms with Crippen molar-refractivity contribution in [1.82, 2.24) is 5.32 Å². The first-order valence-electron chi connectivity index (χ1n) is 5.92. The highest BCUT2D eigenvalue weighted by molar-refractivity contribution is 5.69. The van der Waals surface area contributed by atoms with Crippen LogP contribution in [-0.2, 0) is 13.0 Å². The van der Waals surface area contributed by atoms with Crippen molar-refractivity contribution in [2.75, 3.05) is 6.54 Å². The normalized spacial score (nSPS) is 14.4. The van der Waals surface area contributed by atoms with E-state index in [-0.39, 0.29) is 5.82 Å². The third-order valence-electron chi connectivity index (χ3n) is 3.30. The largest absolute Gasteiger partial charge is 0.312 e. The highest BCUT2D eigenvalue weighted by Gasteiger charge is 2.13. The minimum atomic E-state index is -0.180. The van der Waals surface area contributed by atoms with Crippen LogP contribution in [0.2, 0.25) is 0 Å². The fourth-order valence-corrected chi connectivity index (χ4v) is 2.43. The molecule has 3 rings (SSSR count). The molecular formula is C15H14FN. The van der Waals surface area contributed by atoms with Gasteiger partial charge in [-0.2, -0.15) is 0 Å². The zero-order valence-electron chi connectivity index (χ0n) is 9.54. The summed E-state index contributed by atoms with van der Waals surface area (Å²) in [6.07, 6.45) is 1.04. The fourth-order valence-electron chi connectivity index (χ4n) is 2.43. The molecule has 86 valence electrons. The summed E-state index contributed by atoms with van der Waals surface area (Å²) in [5, 5.41) is 3.37. The molecule has 0 aromatic heterocycles. The first-order valence-corrected chi connectivity index (χ1v) is 5.92. The molecule has 0 atom stereocenters. The van der Waals surface area contributed by atoms with Gasteiger partial charge in [-0.1, -0.05) is 30.3 Å². The van der Waals surface area contributed by atoms with E-state index in [1.807, 2.05) is 12.1 Å². The summed E-state index contributed by atoms with van der Waals surface area (Å²) < 4.78 is 12.9. The van der Waals surface area contributed by atoms with Gasteiger partial charge in [0.15, 0.2) is 0 Å². The molecule has 0 amide bonds. The Labute approximate surface area is 100 Å². The van der Waals surface area contributed by atoms with Crippen molar-refractivity contribution in [3.8, 4) is 11.1 Å². The predicted molar refractivity (Wildman–Crippen MR) is 67.2 cm³/mol. The molecule has 0 saturated carbocycles. The van der Waals surface area contributed by atoms with Crippen LogP contribution in [0.5, 0.6) is 0 Å². The molecule has 0 unspecified atom stereocenters. The van der Waals surface area contributed by atoms with E-state index >= 15 is 0 Å². The molecule has 2 aromatic rings. The van der Waals surface area contributed by atoms with E-state index in [9.17, 15) is 4.39 Å². The van der Waals surface area contributed by atoms with E-state index in [0.717, 1.165) is 25.1 Å². The van der Waals surface area contributed by atoms with Crippen LogP contribution < -0.4 is 5.32 Å². The Bertz CT molecular complexity index is 531. The van der Waals surface area contributed by atoms with Gasteiger partial charge in [0.1, 0.15) is 5.82 Å². The minimum Gasteiger partial charge on any atom is -0.312 e. The Morgan fingerprint density at radius 2 is 1.82 bits per heavy atom. The van der Waals surface area contributed by atoms with Crippen LogP contribution in [0.4, 0.5) is 4.39 Å². The Hall–Kier alpha value is -1.67. The number of halogens is 1. The van der Waals surface area contributed by atoms with Gasteiger partial charge in [-0.05, 0) is 47.4 Å². The van der Waals surface area contributed by atoms with Gasteiger partial charge in [0.05, 0.1) is 0 Å². The molecule has 2 aromatic carbocycles. The average Bonchev–Trinajstić information content (AvgIpc) is 2.39. The zero-order chi connectivity index (χ0) is 11.7. The van der Waals surface area contributed by atoms with Crippen LogP contribution in [0.25, 0.3) is 11.1 Å². The number of nitrogens with one attached hydrogen (secondary N) is 1. The second kappa shape index (κ2) is 4.30. The van der Waals surface area contributed by atoms with Crippen molar-refractivity contribution in [3.05, 3.63) is 59.4 Å². The summed E-state index contributed by atoms with van der Waals surface area (Å²) in [6.45, 7) is 1.95. The molecule has 17 heavy (non-hydrogen) atoms. The second-order valence-corrected chi connectivity index (χ2v) is 4.38. The number of fused-ring (bicyclic) bond motifs is 1. The van der Waals surface area contributed by atoms with E-state index in [1.54, 1.807) is 0 Å². The Balaban J connectivity index is 2.11. The lowest BCUT2D eigenvalue weighted by Gasteiger charge is -2.20. The molecule has 0 fully saturated rings. The van der Waals surface area contributed by atoms with Gasteiger partial charge in [0, 0.05) is 6.54 Å². The number of hydrogen-bond donors (Lipinski definition) is 1. The van der Waals surface area contributed by atoms with Crippen molar-refractivity contribution < 1.29 is 4.39 Å². The summed E-state index contributed by atoms with van der Waals surface area (Å²) in [6, 6.07) is 13.1. The quantitative estimate of drug-likeness (QED) is 0.789. The SMILES string of the molecule is Fc1ccc(-c2cccc3c2CCNC3)cc1. The van der Waals surface area contributed by atoms with Gasteiger partial charge in [-0.15, -0.1) is 0 Å². The summed E-state index contributed by atoms with van der Waals surface area (Å²) >= 11 is 0. The van der Waals surface area contributed by atoms with Crippen molar-refractivity contribution in [1.29, 1.82) is 0 Å². The maximum absolute atomic E-state index is 12.9. The van der Waals surface area contributed by atoms with Crippen molar-refractivity contribution >= 4 is 0 Å². The van der Waals surface area contributed by atoms with E-state index in [0.29, 0.717) is 0 Å². The van der Waals surface area contributed by atoms with Crippen molar-refractivity contribution in [2.45, 2.75) is 13.0 Å². The van der Waals surface area contributed by atoms with E-state index < -0.39 is 0 Å². The molecule has 1 aliphatic rings. The molecular weight excluding hydrogens is 213 g/mol. The van der Waals surface area contributed by atoms with Crippen LogP contribution in [0.3, 0.4) is 0 Å². The molecule has 0 radical (unpaired) electrons. The van der Waals surface area contributed by atoms with Crippen LogP contribution in [-0.4, -0.2) is 6.54 Å². The molecule has 1 N–H and O–H groups in total. The molecule has 0 saturated heterocycles. The monoisotopic (exact) mass is 227 g/mol. The number of hydrogen-bond acceptors (Lipinski definition) is 1. The standard InChI is InChI=1S/C15H14FN/c16-13-6-4-11(5-7-13)14-3-1-2-12-10-17-9-8-15(12)14/h1-7,17H,8-10H2. The number of benzene rings is 2. The maximum Gasteiger partial charge on any atom is 0.123 e. The van der Waals surface area contributed by atoms with E-state index in [1.165, 1.54) is 28.8 Å². The molecule has 0 aliphatic carbocycles. The lowest BCUT2D eigenvalue weighted by atomic mass is 9.91. The van der Waals surface area contributed by atoms with Gasteiger partial charge in [0.25, 0.3) is 0 Å². The molecule has 1 aliphatic heterocycles. The van der Waals surface area contributed by atoms with Crippen molar-refractivity contribution in [2.24, 2.45) is 0 Å². The Morgan fingerprint density at radius 1 is 1.00 bits per heavy atom.